The summed E-state index contributed by atoms with van der Waals surface area (Å²) >= 11 is 0. The first kappa shape index (κ1) is 13.7. The monoisotopic (exact) mass is 235 g/mol. The number of carbonyl (C=O) groups is 1. The molecule has 1 atom stereocenters. The number of benzene rings is 1. The summed E-state index contributed by atoms with van der Waals surface area (Å²) in [5.74, 6) is -0.406. The minimum Gasteiger partial charge on any atom is -0.468 e. The fourth-order valence-electron chi connectivity index (χ4n) is 1.75. The van der Waals surface area contributed by atoms with Crippen molar-refractivity contribution in [1.29, 1.82) is 0 Å². The van der Waals surface area contributed by atoms with E-state index >= 15 is 0 Å². The van der Waals surface area contributed by atoms with E-state index in [9.17, 15) is 4.79 Å². The Morgan fingerprint density at radius 2 is 1.94 bits per heavy atom. The molecule has 0 saturated carbocycles. The van der Waals surface area contributed by atoms with Crippen LogP contribution >= 0.6 is 0 Å². The van der Waals surface area contributed by atoms with Crippen LogP contribution in [0, 0.1) is 6.92 Å². The zero-order valence-electron chi connectivity index (χ0n) is 11.2. The largest absolute Gasteiger partial charge is 0.468 e. The van der Waals surface area contributed by atoms with E-state index in [-0.39, 0.29) is 5.41 Å². The first-order chi connectivity index (χ1) is 7.77. The highest BCUT2D eigenvalue weighted by Crippen LogP contribution is 2.26. The van der Waals surface area contributed by atoms with Gasteiger partial charge in [-0.1, -0.05) is 39.0 Å². The van der Waals surface area contributed by atoms with Gasteiger partial charge in [-0.2, -0.15) is 0 Å². The quantitative estimate of drug-likeness (QED) is 0.801. The van der Waals surface area contributed by atoms with Gasteiger partial charge in [0.05, 0.1) is 7.11 Å². The summed E-state index contributed by atoms with van der Waals surface area (Å²) in [6.07, 6.45) is 0. The molecule has 0 aliphatic rings. The van der Waals surface area contributed by atoms with Gasteiger partial charge < -0.3 is 10.5 Å². The molecule has 1 aromatic carbocycles. The predicted molar refractivity (Wildman–Crippen MR) is 68.8 cm³/mol. The van der Waals surface area contributed by atoms with E-state index in [4.69, 9.17) is 5.73 Å². The second-order valence-corrected chi connectivity index (χ2v) is 5.32. The molecule has 0 aromatic heterocycles. The molecule has 2 N–H and O–H groups in total. The number of hydrogen-bond acceptors (Lipinski definition) is 3. The van der Waals surface area contributed by atoms with Crippen molar-refractivity contribution < 1.29 is 9.53 Å². The van der Waals surface area contributed by atoms with Crippen molar-refractivity contribution in [3.63, 3.8) is 0 Å². The summed E-state index contributed by atoms with van der Waals surface area (Å²) in [7, 11) is 1.35. The molecule has 0 fully saturated rings. The fraction of sp³-hybridized carbons (Fsp3) is 0.500. The Morgan fingerprint density at radius 3 is 2.35 bits per heavy atom. The molecule has 94 valence electrons. The molecular formula is C14H21NO2. The van der Waals surface area contributed by atoms with E-state index in [1.807, 2.05) is 19.1 Å². The molecule has 3 heteroatoms. The lowest BCUT2D eigenvalue weighted by Crippen LogP contribution is -2.24. The van der Waals surface area contributed by atoms with Gasteiger partial charge in [0.2, 0.25) is 0 Å². The molecule has 0 aliphatic carbocycles. The summed E-state index contributed by atoms with van der Waals surface area (Å²) in [5.41, 5.74) is 9.01. The normalized spacial score (nSPS) is 13.3. The van der Waals surface area contributed by atoms with Gasteiger partial charge in [-0.25, -0.2) is 0 Å². The maximum Gasteiger partial charge on any atom is 0.327 e. The molecule has 0 heterocycles. The zero-order valence-corrected chi connectivity index (χ0v) is 11.2. The van der Waals surface area contributed by atoms with E-state index in [0.29, 0.717) is 0 Å². The van der Waals surface area contributed by atoms with Crippen LogP contribution < -0.4 is 5.73 Å². The van der Waals surface area contributed by atoms with Crippen LogP contribution in [0.2, 0.25) is 0 Å². The predicted octanol–water partition coefficient (Wildman–Crippen LogP) is 2.47. The molecule has 0 aliphatic heterocycles. The number of ether oxygens (including phenoxy) is 1. The number of nitrogens with two attached hydrogens (primary N) is 1. The maximum absolute atomic E-state index is 11.4. The molecule has 1 unspecified atom stereocenters. The lowest BCUT2D eigenvalue weighted by molar-refractivity contribution is -0.142. The number of rotatable bonds is 2. The molecule has 3 nitrogen and oxygen atoms in total. The van der Waals surface area contributed by atoms with E-state index in [1.54, 1.807) is 0 Å². The summed E-state index contributed by atoms with van der Waals surface area (Å²) < 4.78 is 4.65. The van der Waals surface area contributed by atoms with Crippen LogP contribution in [0.3, 0.4) is 0 Å². The Morgan fingerprint density at radius 1 is 1.35 bits per heavy atom. The van der Waals surface area contributed by atoms with E-state index in [1.165, 1.54) is 12.7 Å². The Balaban J connectivity index is 3.10. The molecule has 0 radical (unpaired) electrons. The van der Waals surface area contributed by atoms with Crippen LogP contribution in [0.4, 0.5) is 0 Å². The van der Waals surface area contributed by atoms with E-state index in [2.05, 4.69) is 31.6 Å². The SMILES string of the molecule is COC(=O)C(N)c1ccc(C(C)(C)C)cc1C. The number of hydrogen-bond donors (Lipinski definition) is 1. The third kappa shape index (κ3) is 3.07. The van der Waals surface area contributed by atoms with Crippen LogP contribution in [0.5, 0.6) is 0 Å². The smallest absolute Gasteiger partial charge is 0.327 e. The Hall–Kier alpha value is -1.35. The van der Waals surface area contributed by atoms with E-state index in [0.717, 1.165) is 11.1 Å². The maximum atomic E-state index is 11.4. The molecule has 17 heavy (non-hydrogen) atoms. The van der Waals surface area contributed by atoms with Gasteiger partial charge in [-0.05, 0) is 29.0 Å². The zero-order chi connectivity index (χ0) is 13.2. The third-order valence-electron chi connectivity index (χ3n) is 2.93. The number of methoxy groups -OCH3 is 1. The van der Waals surface area contributed by atoms with Crippen LogP contribution in [0.1, 0.15) is 43.5 Å². The average Bonchev–Trinajstić information content (AvgIpc) is 2.25. The Labute approximate surface area is 103 Å². The molecule has 0 bridgehead atoms. The van der Waals surface area contributed by atoms with Crippen molar-refractivity contribution in [2.24, 2.45) is 5.73 Å². The third-order valence-corrected chi connectivity index (χ3v) is 2.93. The Bertz CT molecular complexity index is 419. The van der Waals surface area contributed by atoms with Crippen molar-refractivity contribution in [3.05, 3.63) is 34.9 Å². The summed E-state index contributed by atoms with van der Waals surface area (Å²) in [5, 5.41) is 0. The lowest BCUT2D eigenvalue weighted by atomic mass is 9.84. The van der Waals surface area contributed by atoms with Gasteiger partial charge in [0, 0.05) is 0 Å². The summed E-state index contributed by atoms with van der Waals surface area (Å²) in [6.45, 7) is 8.43. The first-order valence-corrected chi connectivity index (χ1v) is 5.72. The highest BCUT2D eigenvalue weighted by atomic mass is 16.5. The topological polar surface area (TPSA) is 52.3 Å². The second-order valence-electron chi connectivity index (χ2n) is 5.32. The van der Waals surface area contributed by atoms with Crippen molar-refractivity contribution in [3.8, 4) is 0 Å². The van der Waals surface area contributed by atoms with Gasteiger partial charge in [0.25, 0.3) is 0 Å². The van der Waals surface area contributed by atoms with E-state index < -0.39 is 12.0 Å². The molecule has 0 amide bonds. The van der Waals surface area contributed by atoms with Crippen molar-refractivity contribution in [2.75, 3.05) is 7.11 Å². The molecule has 0 spiro atoms. The number of esters is 1. The van der Waals surface area contributed by atoms with Gasteiger partial charge in [-0.3, -0.25) is 4.79 Å². The van der Waals surface area contributed by atoms with Crippen LogP contribution in [-0.4, -0.2) is 13.1 Å². The average molecular weight is 235 g/mol. The highest BCUT2D eigenvalue weighted by molar-refractivity contribution is 5.77. The first-order valence-electron chi connectivity index (χ1n) is 5.72. The second kappa shape index (κ2) is 4.88. The fourth-order valence-corrected chi connectivity index (χ4v) is 1.75. The Kier molecular flexibility index (Phi) is 3.94. The lowest BCUT2D eigenvalue weighted by Gasteiger charge is -2.21. The minimum atomic E-state index is -0.700. The van der Waals surface area contributed by atoms with Gasteiger partial charge in [-0.15, -0.1) is 0 Å². The molecule has 0 saturated heterocycles. The van der Waals surface area contributed by atoms with Gasteiger partial charge >= 0.3 is 5.97 Å². The number of aryl methyl sites for hydroxylation is 1. The van der Waals surface area contributed by atoms with Crippen LogP contribution in [0.15, 0.2) is 18.2 Å². The molecule has 1 rings (SSSR count). The van der Waals surface area contributed by atoms with Crippen molar-refractivity contribution in [2.45, 2.75) is 39.2 Å². The summed E-state index contributed by atoms with van der Waals surface area (Å²) in [6, 6.07) is 5.31. The molecular weight excluding hydrogens is 214 g/mol. The van der Waals surface area contributed by atoms with Crippen molar-refractivity contribution >= 4 is 5.97 Å². The minimum absolute atomic E-state index is 0.0959. The van der Waals surface area contributed by atoms with Crippen LogP contribution in [-0.2, 0) is 14.9 Å². The summed E-state index contributed by atoms with van der Waals surface area (Å²) in [4.78, 5) is 11.4. The van der Waals surface area contributed by atoms with Gasteiger partial charge in [0.1, 0.15) is 6.04 Å². The van der Waals surface area contributed by atoms with Crippen LogP contribution in [0.25, 0.3) is 0 Å². The highest BCUT2D eigenvalue weighted by Gasteiger charge is 2.20. The van der Waals surface area contributed by atoms with Gasteiger partial charge in [0.15, 0.2) is 0 Å². The van der Waals surface area contributed by atoms with Crippen molar-refractivity contribution in [1.82, 2.24) is 0 Å². The standard InChI is InChI=1S/C14H21NO2/c1-9-8-10(14(2,3)4)6-7-11(9)12(15)13(16)17-5/h6-8,12H,15H2,1-5H3. The molecule has 1 aromatic rings. The number of carbonyl (C=O) groups excluding carboxylic acids is 1.